The van der Waals surface area contributed by atoms with Crippen molar-refractivity contribution in [2.75, 3.05) is 5.06 Å². The standard InChI is InChI=1S/C9H8Cl2N2O2/c1-9(2)12(14)7-3-5(10)6(11)4-8(7)13(9)15/h3-4H,1-2H3. The third-order valence-corrected chi connectivity index (χ3v) is 3.17. The van der Waals surface area contributed by atoms with E-state index in [1.54, 1.807) is 0 Å². The zero-order chi connectivity index (χ0) is 11.4. The Kier molecular flexibility index (Phi) is 2.19. The lowest BCUT2D eigenvalue weighted by Gasteiger charge is -2.30. The van der Waals surface area contributed by atoms with E-state index in [9.17, 15) is 10.1 Å². The Bertz CT molecular complexity index is 460. The second-order valence-electron chi connectivity index (χ2n) is 3.84. The maximum Gasteiger partial charge on any atom is 0.283 e. The molecular weight excluding hydrogens is 239 g/mol. The van der Waals surface area contributed by atoms with Crippen molar-refractivity contribution < 1.29 is 4.76 Å². The summed E-state index contributed by atoms with van der Waals surface area (Å²) in [5, 5.41) is 12.9. The Morgan fingerprint density at radius 1 is 1.33 bits per heavy atom. The quantitative estimate of drug-likeness (QED) is 0.659. The smallest absolute Gasteiger partial charge is 0.283 e. The Hall–Kier alpha value is -0.840. The van der Waals surface area contributed by atoms with Crippen LogP contribution in [0.3, 0.4) is 0 Å². The first-order valence-corrected chi connectivity index (χ1v) is 5.05. The van der Waals surface area contributed by atoms with Crippen molar-refractivity contribution in [3.63, 3.8) is 0 Å². The van der Waals surface area contributed by atoms with E-state index in [2.05, 4.69) is 0 Å². The van der Waals surface area contributed by atoms with Crippen molar-refractivity contribution in [1.82, 2.24) is 0 Å². The lowest BCUT2D eigenvalue weighted by atomic mass is 10.2. The molecule has 0 aromatic heterocycles. The molecule has 1 aliphatic rings. The van der Waals surface area contributed by atoms with E-state index in [0.717, 1.165) is 0 Å². The van der Waals surface area contributed by atoms with E-state index < -0.39 is 5.66 Å². The van der Waals surface area contributed by atoms with Gasteiger partial charge in [-0.25, -0.2) is 0 Å². The minimum Gasteiger partial charge on any atom is -0.753 e. The van der Waals surface area contributed by atoms with E-state index in [1.165, 1.54) is 26.0 Å². The maximum absolute atomic E-state index is 11.8. The molecule has 15 heavy (non-hydrogen) atoms. The number of rotatable bonds is 0. The summed E-state index contributed by atoms with van der Waals surface area (Å²) in [7, 11) is 0. The number of hydrogen-bond donors (Lipinski definition) is 0. The Labute approximate surface area is 96.5 Å². The van der Waals surface area contributed by atoms with Gasteiger partial charge in [0.25, 0.3) is 11.4 Å². The first-order valence-electron chi connectivity index (χ1n) is 4.29. The minimum absolute atomic E-state index is 0.254. The van der Waals surface area contributed by atoms with Crippen molar-refractivity contribution >= 4 is 34.6 Å². The van der Waals surface area contributed by atoms with Crippen LogP contribution in [-0.4, -0.2) is 10.4 Å². The van der Waals surface area contributed by atoms with Crippen LogP contribution in [0, 0.1) is 10.1 Å². The highest BCUT2D eigenvalue weighted by Gasteiger charge is 2.48. The molecule has 0 spiro atoms. The number of hydroxylamine groups is 1. The number of nitroso groups, excluding NO2 is 1. The van der Waals surface area contributed by atoms with Crippen molar-refractivity contribution in [3.05, 3.63) is 32.3 Å². The highest BCUT2D eigenvalue weighted by molar-refractivity contribution is 6.42. The molecule has 1 heterocycles. The summed E-state index contributed by atoms with van der Waals surface area (Å²) in [5.74, 6) is 0. The van der Waals surface area contributed by atoms with Gasteiger partial charge in [-0.05, 0) is 6.07 Å². The summed E-state index contributed by atoms with van der Waals surface area (Å²) in [6.07, 6.45) is 0. The zero-order valence-corrected chi connectivity index (χ0v) is 9.63. The molecule has 6 heteroatoms. The predicted octanol–water partition coefficient (Wildman–Crippen LogP) is 3.46. The van der Waals surface area contributed by atoms with Crippen LogP contribution in [0.4, 0.5) is 11.4 Å². The largest absolute Gasteiger partial charge is 0.753 e. The molecule has 0 atom stereocenters. The second kappa shape index (κ2) is 3.07. The van der Waals surface area contributed by atoms with Gasteiger partial charge in [0.05, 0.1) is 14.8 Å². The van der Waals surface area contributed by atoms with E-state index in [1.807, 2.05) is 0 Å². The van der Waals surface area contributed by atoms with Crippen molar-refractivity contribution in [3.8, 4) is 0 Å². The van der Waals surface area contributed by atoms with Gasteiger partial charge in [-0.1, -0.05) is 23.2 Å². The van der Waals surface area contributed by atoms with E-state index in [4.69, 9.17) is 23.2 Å². The molecule has 1 aromatic rings. The van der Waals surface area contributed by atoms with Crippen LogP contribution < -0.4 is 5.06 Å². The lowest BCUT2D eigenvalue weighted by Crippen LogP contribution is -2.41. The van der Waals surface area contributed by atoms with E-state index in [0.29, 0.717) is 9.82 Å². The number of hydrogen-bond acceptors (Lipinski definition) is 3. The highest BCUT2D eigenvalue weighted by Crippen LogP contribution is 2.45. The van der Waals surface area contributed by atoms with Gasteiger partial charge in [-0.15, -0.1) is 0 Å². The maximum atomic E-state index is 11.8. The second-order valence-corrected chi connectivity index (χ2v) is 4.65. The first-order chi connectivity index (χ1) is 6.85. The first kappa shape index (κ1) is 10.7. The third-order valence-electron chi connectivity index (χ3n) is 2.45. The number of fused-ring (bicyclic) bond motifs is 1. The van der Waals surface area contributed by atoms with Crippen molar-refractivity contribution in [1.29, 1.82) is 0 Å². The number of anilines is 1. The van der Waals surface area contributed by atoms with Gasteiger partial charge in [0.15, 0.2) is 0 Å². The molecule has 0 fully saturated rings. The molecular formula is C9H8Cl2N2O2. The molecule has 1 aromatic carbocycles. The fourth-order valence-corrected chi connectivity index (χ4v) is 1.84. The normalized spacial score (nSPS) is 18.2. The molecule has 4 nitrogen and oxygen atoms in total. The highest BCUT2D eigenvalue weighted by atomic mass is 35.5. The average Bonchev–Trinajstić information content (AvgIpc) is 2.32. The fraction of sp³-hybridized carbons (Fsp3) is 0.333. The number of halogens is 2. The van der Waals surface area contributed by atoms with Crippen molar-refractivity contribution in [2.24, 2.45) is 0 Å². The van der Waals surface area contributed by atoms with Crippen molar-refractivity contribution in [2.45, 2.75) is 19.5 Å². The Balaban J connectivity index is 2.69. The Morgan fingerprint density at radius 3 is 2.47 bits per heavy atom. The van der Waals surface area contributed by atoms with Crippen LogP contribution in [0.1, 0.15) is 13.8 Å². The van der Waals surface area contributed by atoms with Crippen LogP contribution in [0.25, 0.3) is 0 Å². The van der Waals surface area contributed by atoms with Crippen LogP contribution in [0.5, 0.6) is 0 Å². The summed E-state index contributed by atoms with van der Waals surface area (Å²) < 4.78 is 0.636. The third kappa shape index (κ3) is 1.33. The Morgan fingerprint density at radius 2 is 1.87 bits per heavy atom. The number of nitrogens with zero attached hydrogens (tertiary/aromatic N) is 2. The molecule has 0 unspecified atom stereocenters. The topological polar surface area (TPSA) is 46.4 Å². The van der Waals surface area contributed by atoms with Gasteiger partial charge in [0.2, 0.25) is 0 Å². The average molecular weight is 247 g/mol. The molecule has 1 aliphatic heterocycles. The summed E-state index contributed by atoms with van der Waals surface area (Å²) >= 11 is 11.6. The molecule has 0 aliphatic carbocycles. The van der Waals surface area contributed by atoms with Crippen LogP contribution in [0.2, 0.25) is 10.0 Å². The van der Waals surface area contributed by atoms with Gasteiger partial charge < -0.3 is 10.3 Å². The van der Waals surface area contributed by atoms with Crippen LogP contribution in [0.15, 0.2) is 12.1 Å². The van der Waals surface area contributed by atoms with Gasteiger partial charge in [-0.3, -0.25) is 0 Å². The lowest BCUT2D eigenvalue weighted by molar-refractivity contribution is -0.532. The van der Waals surface area contributed by atoms with Gasteiger partial charge in [0, 0.05) is 24.8 Å². The SMILES string of the molecule is CC1(C)N([O-])c2cc(Cl)c(Cl)cc2[N+]1=O. The molecule has 0 amide bonds. The summed E-state index contributed by atoms with van der Waals surface area (Å²) in [4.78, 5) is 11.8. The van der Waals surface area contributed by atoms with E-state index >= 15 is 0 Å². The number of benzene rings is 1. The minimum atomic E-state index is -1.16. The summed E-state index contributed by atoms with van der Waals surface area (Å²) in [6.45, 7) is 3.07. The molecule has 0 bridgehead atoms. The molecule has 0 N–H and O–H groups in total. The van der Waals surface area contributed by atoms with Crippen LogP contribution in [-0.2, 0) is 0 Å². The van der Waals surface area contributed by atoms with Gasteiger partial charge >= 0.3 is 0 Å². The van der Waals surface area contributed by atoms with Crippen LogP contribution >= 0.6 is 23.2 Å². The van der Waals surface area contributed by atoms with E-state index in [-0.39, 0.29) is 21.4 Å². The molecule has 0 saturated heterocycles. The molecule has 2 rings (SSSR count). The van der Waals surface area contributed by atoms with Gasteiger partial charge in [0.1, 0.15) is 5.69 Å². The monoisotopic (exact) mass is 246 g/mol. The fourth-order valence-electron chi connectivity index (χ4n) is 1.52. The summed E-state index contributed by atoms with van der Waals surface area (Å²) in [5.41, 5.74) is -0.648. The zero-order valence-electron chi connectivity index (χ0n) is 8.12. The molecule has 0 radical (unpaired) electrons. The predicted molar refractivity (Wildman–Crippen MR) is 59.7 cm³/mol. The van der Waals surface area contributed by atoms with Gasteiger partial charge in [-0.2, -0.15) is 0 Å². The molecule has 0 saturated carbocycles. The molecule has 80 valence electrons. The summed E-state index contributed by atoms with van der Waals surface area (Å²) in [6, 6.07) is 2.82.